The van der Waals surface area contributed by atoms with Crippen LogP contribution in [0.5, 0.6) is 0 Å². The second-order valence-electron chi connectivity index (χ2n) is 5.05. The van der Waals surface area contributed by atoms with Crippen LogP contribution in [0.1, 0.15) is 37.7 Å². The van der Waals surface area contributed by atoms with Gasteiger partial charge in [-0.15, -0.1) is 12.4 Å². The number of carbonyl (C=O) groups excluding carboxylic acids is 1. The first-order valence-electron chi connectivity index (χ1n) is 5.73. The van der Waals surface area contributed by atoms with Crippen LogP contribution in [-0.4, -0.2) is 23.0 Å². The molecule has 18 heavy (non-hydrogen) atoms. The van der Waals surface area contributed by atoms with Crippen LogP contribution in [-0.2, 0) is 0 Å². The van der Waals surface area contributed by atoms with E-state index in [9.17, 15) is 4.79 Å². The zero-order valence-electron chi connectivity index (χ0n) is 10.9. The molecule has 0 spiro atoms. The molecule has 4 N–H and O–H groups in total. The van der Waals surface area contributed by atoms with Crippen LogP contribution in [0.25, 0.3) is 0 Å². The Balaban J connectivity index is 0.00000289. The van der Waals surface area contributed by atoms with E-state index in [2.05, 4.69) is 24.1 Å². The fourth-order valence-electron chi connectivity index (χ4n) is 1.93. The molecule has 0 bridgehead atoms. The van der Waals surface area contributed by atoms with Crippen LogP contribution in [0.4, 0.5) is 0 Å². The fourth-order valence-corrected chi connectivity index (χ4v) is 2.09. The quantitative estimate of drug-likeness (QED) is 0.781. The lowest BCUT2D eigenvalue weighted by Crippen LogP contribution is -2.52. The highest BCUT2D eigenvalue weighted by atomic mass is 35.5. The van der Waals surface area contributed by atoms with Crippen LogP contribution in [0, 0.1) is 5.92 Å². The van der Waals surface area contributed by atoms with E-state index >= 15 is 0 Å². The number of aromatic nitrogens is 1. The maximum atomic E-state index is 12.0. The Morgan fingerprint density at radius 1 is 1.61 bits per heavy atom. The van der Waals surface area contributed by atoms with Crippen molar-refractivity contribution in [1.82, 2.24) is 10.3 Å². The molecule has 1 aromatic heterocycles. The van der Waals surface area contributed by atoms with Gasteiger partial charge in [-0.05, 0) is 25.3 Å². The molecule has 0 aromatic carbocycles. The van der Waals surface area contributed by atoms with Gasteiger partial charge in [0.1, 0.15) is 5.69 Å². The molecule has 0 aliphatic heterocycles. The standard InChI is InChI=1S/C12H20ClN3O.ClH/c1-8(2)5-12(3,7-14)16-11(17)10-4-9(13)6-15-10;/h4,6,8,15H,5,7,14H2,1-3H3,(H,16,17);1H. The number of rotatable bonds is 5. The van der Waals surface area contributed by atoms with E-state index < -0.39 is 0 Å². The highest BCUT2D eigenvalue weighted by Gasteiger charge is 2.26. The van der Waals surface area contributed by atoms with Crippen molar-refractivity contribution in [2.24, 2.45) is 11.7 Å². The van der Waals surface area contributed by atoms with Crippen molar-refractivity contribution in [1.29, 1.82) is 0 Å². The predicted molar refractivity (Wildman–Crippen MR) is 77.4 cm³/mol. The maximum absolute atomic E-state index is 12.0. The van der Waals surface area contributed by atoms with Gasteiger partial charge in [0.05, 0.1) is 10.6 Å². The summed E-state index contributed by atoms with van der Waals surface area (Å²) in [6.45, 7) is 6.57. The summed E-state index contributed by atoms with van der Waals surface area (Å²) in [5.74, 6) is 0.293. The van der Waals surface area contributed by atoms with Gasteiger partial charge < -0.3 is 16.0 Å². The molecule has 104 valence electrons. The lowest BCUT2D eigenvalue weighted by Gasteiger charge is -2.31. The molecule has 1 rings (SSSR count). The largest absolute Gasteiger partial charge is 0.356 e. The zero-order chi connectivity index (χ0) is 13.1. The number of aromatic amines is 1. The molecule has 0 radical (unpaired) electrons. The Labute approximate surface area is 119 Å². The van der Waals surface area contributed by atoms with E-state index in [1.165, 1.54) is 0 Å². The summed E-state index contributed by atoms with van der Waals surface area (Å²) in [6.07, 6.45) is 2.42. The summed E-state index contributed by atoms with van der Waals surface area (Å²) in [4.78, 5) is 14.8. The first-order valence-corrected chi connectivity index (χ1v) is 6.10. The van der Waals surface area contributed by atoms with Gasteiger partial charge in [-0.2, -0.15) is 0 Å². The van der Waals surface area contributed by atoms with Crippen molar-refractivity contribution in [2.75, 3.05) is 6.54 Å². The van der Waals surface area contributed by atoms with E-state index in [1.54, 1.807) is 12.3 Å². The molecule has 4 nitrogen and oxygen atoms in total. The number of hydrogen-bond acceptors (Lipinski definition) is 2. The third-order valence-corrected chi connectivity index (χ3v) is 2.84. The van der Waals surface area contributed by atoms with Crippen molar-refractivity contribution in [3.05, 3.63) is 23.0 Å². The van der Waals surface area contributed by atoms with E-state index in [1.807, 2.05) is 6.92 Å². The minimum Gasteiger partial charge on any atom is -0.356 e. The summed E-state index contributed by atoms with van der Waals surface area (Å²) in [5, 5.41) is 3.47. The minimum atomic E-state index is -0.386. The van der Waals surface area contributed by atoms with Gasteiger partial charge in [0.2, 0.25) is 0 Å². The third-order valence-electron chi connectivity index (χ3n) is 2.62. The summed E-state index contributed by atoms with van der Waals surface area (Å²) in [5.41, 5.74) is 5.81. The van der Waals surface area contributed by atoms with Crippen LogP contribution in [0.15, 0.2) is 12.3 Å². The summed E-state index contributed by atoms with van der Waals surface area (Å²) < 4.78 is 0. The number of carbonyl (C=O) groups is 1. The van der Waals surface area contributed by atoms with E-state index in [0.29, 0.717) is 23.2 Å². The van der Waals surface area contributed by atoms with Crippen LogP contribution in [0.3, 0.4) is 0 Å². The highest BCUT2D eigenvalue weighted by molar-refractivity contribution is 6.30. The number of amides is 1. The number of nitrogens with one attached hydrogen (secondary N) is 2. The number of hydrogen-bond donors (Lipinski definition) is 3. The number of H-pyrrole nitrogens is 1. The van der Waals surface area contributed by atoms with Gasteiger partial charge in [-0.1, -0.05) is 25.4 Å². The van der Waals surface area contributed by atoms with E-state index in [4.69, 9.17) is 17.3 Å². The molecule has 1 heterocycles. The predicted octanol–water partition coefficient (Wildman–Crippen LogP) is 2.58. The van der Waals surface area contributed by atoms with Crippen LogP contribution in [0.2, 0.25) is 5.02 Å². The van der Waals surface area contributed by atoms with Crippen molar-refractivity contribution >= 4 is 29.9 Å². The van der Waals surface area contributed by atoms with Gasteiger partial charge in [0.25, 0.3) is 5.91 Å². The fraction of sp³-hybridized carbons (Fsp3) is 0.583. The Kier molecular flexibility index (Phi) is 6.74. The Morgan fingerprint density at radius 3 is 2.61 bits per heavy atom. The molecule has 6 heteroatoms. The smallest absolute Gasteiger partial charge is 0.268 e. The molecule has 0 saturated carbocycles. The molecule has 1 atom stereocenters. The molecule has 0 aliphatic rings. The van der Waals surface area contributed by atoms with Gasteiger partial charge in [-0.25, -0.2) is 0 Å². The number of nitrogens with two attached hydrogens (primary N) is 1. The van der Waals surface area contributed by atoms with Crippen molar-refractivity contribution in [3.63, 3.8) is 0 Å². The molecular formula is C12H21Cl2N3O. The summed E-state index contributed by atoms with van der Waals surface area (Å²) in [6, 6.07) is 1.60. The van der Waals surface area contributed by atoms with E-state index in [0.717, 1.165) is 6.42 Å². The monoisotopic (exact) mass is 293 g/mol. The molecule has 1 aromatic rings. The molecule has 0 aliphatic carbocycles. The van der Waals surface area contributed by atoms with Gasteiger partial charge in [0.15, 0.2) is 0 Å². The highest BCUT2D eigenvalue weighted by Crippen LogP contribution is 2.17. The second kappa shape index (κ2) is 7.02. The van der Waals surface area contributed by atoms with Gasteiger partial charge in [0, 0.05) is 12.7 Å². The van der Waals surface area contributed by atoms with Crippen LogP contribution < -0.4 is 11.1 Å². The molecular weight excluding hydrogens is 273 g/mol. The average molecular weight is 294 g/mol. The SMILES string of the molecule is CC(C)CC(C)(CN)NC(=O)c1cc(Cl)c[nH]1.Cl. The lowest BCUT2D eigenvalue weighted by atomic mass is 9.90. The first-order chi connectivity index (χ1) is 7.86. The van der Waals surface area contributed by atoms with Crippen molar-refractivity contribution in [3.8, 4) is 0 Å². The van der Waals surface area contributed by atoms with Crippen LogP contribution >= 0.6 is 24.0 Å². The molecule has 1 unspecified atom stereocenters. The van der Waals surface area contributed by atoms with Crippen molar-refractivity contribution < 1.29 is 4.79 Å². The van der Waals surface area contributed by atoms with Gasteiger partial charge >= 0.3 is 0 Å². The summed E-state index contributed by atoms with van der Waals surface area (Å²) in [7, 11) is 0. The van der Waals surface area contributed by atoms with Gasteiger partial charge in [-0.3, -0.25) is 4.79 Å². The second-order valence-corrected chi connectivity index (χ2v) is 5.48. The van der Waals surface area contributed by atoms with E-state index in [-0.39, 0.29) is 23.9 Å². The Morgan fingerprint density at radius 2 is 2.22 bits per heavy atom. The molecule has 0 fully saturated rings. The Hall–Kier alpha value is -0.710. The zero-order valence-corrected chi connectivity index (χ0v) is 12.5. The average Bonchev–Trinajstić information content (AvgIpc) is 2.63. The lowest BCUT2D eigenvalue weighted by molar-refractivity contribution is 0.0893. The topological polar surface area (TPSA) is 70.9 Å². The normalized spacial score (nSPS) is 13.9. The summed E-state index contributed by atoms with van der Waals surface area (Å²) >= 11 is 5.76. The molecule has 0 saturated heterocycles. The minimum absolute atomic E-state index is 0. The molecule has 1 amide bonds. The van der Waals surface area contributed by atoms with Crippen molar-refractivity contribution in [2.45, 2.75) is 32.7 Å². The maximum Gasteiger partial charge on any atom is 0.268 e. The third kappa shape index (κ3) is 4.88. The number of halogens is 2. The first kappa shape index (κ1) is 17.3. The Bertz CT molecular complexity index is 392.